The lowest BCUT2D eigenvalue weighted by molar-refractivity contribution is 0.396. The molecule has 0 spiro atoms. The summed E-state index contributed by atoms with van der Waals surface area (Å²) in [6, 6.07) is 16.3. The van der Waals surface area contributed by atoms with Crippen LogP contribution in [0.4, 0.5) is 0 Å². The van der Waals surface area contributed by atoms with Crippen molar-refractivity contribution in [1.82, 2.24) is 5.16 Å². The van der Waals surface area contributed by atoms with Crippen molar-refractivity contribution in [2.24, 2.45) is 0 Å². The first kappa shape index (κ1) is 10.4. The zero-order chi connectivity index (χ0) is 11.7. The zero-order valence-corrected chi connectivity index (χ0v) is 9.82. The van der Waals surface area contributed by atoms with Gasteiger partial charge in [0.2, 0.25) is 0 Å². The van der Waals surface area contributed by atoms with Gasteiger partial charge >= 0.3 is 0 Å². The predicted molar refractivity (Wildman–Crippen MR) is 69.0 cm³/mol. The smallest absolute Gasteiger partial charge is 0.152 e. The minimum absolute atomic E-state index is 0.348. The monoisotopic (exact) mass is 243 g/mol. The third kappa shape index (κ3) is 1.92. The maximum Gasteiger partial charge on any atom is 0.152 e. The molecule has 3 rings (SSSR count). The minimum atomic E-state index is 0.348. The van der Waals surface area contributed by atoms with E-state index in [-0.39, 0.29) is 0 Å². The Morgan fingerprint density at radius 3 is 2.59 bits per heavy atom. The SMILES string of the molecule is ClCc1cc(-c2ccc3ccccc3c2)no1. The average molecular weight is 244 g/mol. The molecular weight excluding hydrogens is 234 g/mol. The minimum Gasteiger partial charge on any atom is -0.359 e. The summed E-state index contributed by atoms with van der Waals surface area (Å²) in [5, 5.41) is 6.42. The van der Waals surface area contributed by atoms with Crippen LogP contribution in [-0.2, 0) is 5.88 Å². The molecule has 0 aliphatic heterocycles. The molecule has 0 radical (unpaired) electrons. The van der Waals surface area contributed by atoms with Crippen molar-refractivity contribution in [1.29, 1.82) is 0 Å². The fourth-order valence-electron chi connectivity index (χ4n) is 1.86. The molecule has 0 aliphatic rings. The van der Waals surface area contributed by atoms with Gasteiger partial charge in [0.05, 0.1) is 5.88 Å². The van der Waals surface area contributed by atoms with Crippen LogP contribution in [0, 0.1) is 0 Å². The van der Waals surface area contributed by atoms with Crippen molar-refractivity contribution in [3.63, 3.8) is 0 Å². The van der Waals surface area contributed by atoms with Gasteiger partial charge in [0.1, 0.15) is 5.69 Å². The Balaban J connectivity index is 2.11. The number of hydrogen-bond acceptors (Lipinski definition) is 2. The van der Waals surface area contributed by atoms with Crippen molar-refractivity contribution >= 4 is 22.4 Å². The van der Waals surface area contributed by atoms with E-state index in [1.54, 1.807) is 0 Å². The maximum atomic E-state index is 5.69. The van der Waals surface area contributed by atoms with E-state index in [0.29, 0.717) is 11.6 Å². The topological polar surface area (TPSA) is 26.0 Å². The van der Waals surface area contributed by atoms with Crippen molar-refractivity contribution in [2.45, 2.75) is 5.88 Å². The van der Waals surface area contributed by atoms with Crippen molar-refractivity contribution < 1.29 is 4.52 Å². The Morgan fingerprint density at radius 2 is 1.82 bits per heavy atom. The first-order valence-corrected chi connectivity index (χ1v) is 5.91. The van der Waals surface area contributed by atoms with Gasteiger partial charge in [-0.2, -0.15) is 0 Å². The summed E-state index contributed by atoms with van der Waals surface area (Å²) in [6.45, 7) is 0. The number of alkyl halides is 1. The third-order valence-electron chi connectivity index (χ3n) is 2.74. The summed E-state index contributed by atoms with van der Waals surface area (Å²) in [5.41, 5.74) is 1.87. The van der Waals surface area contributed by atoms with Crippen molar-refractivity contribution in [2.75, 3.05) is 0 Å². The second kappa shape index (κ2) is 4.22. The van der Waals surface area contributed by atoms with E-state index in [9.17, 15) is 0 Å². The molecule has 3 aromatic rings. The van der Waals surface area contributed by atoms with Gasteiger partial charge in [-0.05, 0) is 16.8 Å². The molecule has 0 saturated heterocycles. The number of fused-ring (bicyclic) bond motifs is 1. The molecule has 0 N–H and O–H groups in total. The maximum absolute atomic E-state index is 5.69. The van der Waals surface area contributed by atoms with Gasteiger partial charge in [-0.15, -0.1) is 11.6 Å². The highest BCUT2D eigenvalue weighted by molar-refractivity contribution is 6.16. The fourth-order valence-corrected chi connectivity index (χ4v) is 1.99. The number of rotatable bonds is 2. The molecule has 3 heteroatoms. The summed E-state index contributed by atoms with van der Waals surface area (Å²) in [7, 11) is 0. The molecule has 1 aromatic heterocycles. The Kier molecular flexibility index (Phi) is 2.57. The molecule has 0 fully saturated rings. The standard InChI is InChI=1S/C14H10ClNO/c15-9-13-8-14(16-17-13)12-6-5-10-3-1-2-4-11(10)7-12/h1-8H,9H2. The van der Waals surface area contributed by atoms with Crippen LogP contribution < -0.4 is 0 Å². The molecule has 0 bridgehead atoms. The Morgan fingerprint density at radius 1 is 1.00 bits per heavy atom. The highest BCUT2D eigenvalue weighted by atomic mass is 35.5. The first-order chi connectivity index (χ1) is 8.36. The highest BCUT2D eigenvalue weighted by Crippen LogP contribution is 2.24. The van der Waals surface area contributed by atoms with E-state index < -0.39 is 0 Å². The van der Waals surface area contributed by atoms with Crippen LogP contribution in [-0.4, -0.2) is 5.16 Å². The lowest BCUT2D eigenvalue weighted by Crippen LogP contribution is -1.78. The average Bonchev–Trinajstić information content (AvgIpc) is 2.87. The van der Waals surface area contributed by atoms with Crippen LogP contribution in [0.25, 0.3) is 22.0 Å². The third-order valence-corrected chi connectivity index (χ3v) is 3.00. The van der Waals surface area contributed by atoms with Gasteiger partial charge in [-0.1, -0.05) is 41.6 Å². The van der Waals surface area contributed by atoms with Crippen LogP contribution in [0.15, 0.2) is 53.1 Å². The molecule has 2 nitrogen and oxygen atoms in total. The number of hydrogen-bond donors (Lipinski definition) is 0. The van der Waals surface area contributed by atoms with E-state index in [2.05, 4.69) is 29.4 Å². The molecular formula is C14H10ClNO. The van der Waals surface area contributed by atoms with Gasteiger partial charge in [0.15, 0.2) is 5.76 Å². The highest BCUT2D eigenvalue weighted by Gasteiger charge is 2.06. The molecule has 0 amide bonds. The largest absolute Gasteiger partial charge is 0.359 e. The van der Waals surface area contributed by atoms with Gasteiger partial charge in [0, 0.05) is 11.6 Å². The van der Waals surface area contributed by atoms with Crippen LogP contribution >= 0.6 is 11.6 Å². The summed E-state index contributed by atoms with van der Waals surface area (Å²) < 4.78 is 5.10. The van der Waals surface area contributed by atoms with E-state index in [0.717, 1.165) is 11.3 Å². The van der Waals surface area contributed by atoms with Crippen LogP contribution in [0.5, 0.6) is 0 Å². The zero-order valence-electron chi connectivity index (χ0n) is 9.06. The van der Waals surface area contributed by atoms with E-state index in [4.69, 9.17) is 16.1 Å². The van der Waals surface area contributed by atoms with Crippen molar-refractivity contribution in [3.05, 3.63) is 54.3 Å². The van der Waals surface area contributed by atoms with Crippen LogP contribution in [0.1, 0.15) is 5.76 Å². The lowest BCUT2D eigenvalue weighted by Gasteiger charge is -1.99. The lowest BCUT2D eigenvalue weighted by atomic mass is 10.1. The molecule has 1 heterocycles. The second-order valence-corrected chi connectivity index (χ2v) is 4.14. The molecule has 0 unspecified atom stereocenters. The van der Waals surface area contributed by atoms with Crippen molar-refractivity contribution in [3.8, 4) is 11.3 Å². The van der Waals surface area contributed by atoms with E-state index in [1.807, 2.05) is 24.3 Å². The predicted octanol–water partition coefficient (Wildman–Crippen LogP) is 4.23. The number of nitrogens with zero attached hydrogens (tertiary/aromatic N) is 1. The molecule has 0 atom stereocenters. The molecule has 17 heavy (non-hydrogen) atoms. The van der Waals surface area contributed by atoms with Gasteiger partial charge in [0.25, 0.3) is 0 Å². The molecule has 0 aliphatic carbocycles. The second-order valence-electron chi connectivity index (χ2n) is 3.87. The fraction of sp³-hybridized carbons (Fsp3) is 0.0714. The Labute approximate surface area is 104 Å². The van der Waals surface area contributed by atoms with Gasteiger partial charge < -0.3 is 4.52 Å². The number of benzene rings is 2. The van der Waals surface area contributed by atoms with E-state index >= 15 is 0 Å². The van der Waals surface area contributed by atoms with Gasteiger partial charge in [-0.25, -0.2) is 0 Å². The normalized spacial score (nSPS) is 10.9. The molecule has 2 aromatic carbocycles. The number of halogens is 1. The van der Waals surface area contributed by atoms with Crippen LogP contribution in [0.2, 0.25) is 0 Å². The summed E-state index contributed by atoms with van der Waals surface area (Å²) in [4.78, 5) is 0. The molecule has 84 valence electrons. The quantitative estimate of drug-likeness (QED) is 0.630. The first-order valence-electron chi connectivity index (χ1n) is 5.37. The summed E-state index contributed by atoms with van der Waals surface area (Å²) >= 11 is 5.69. The van der Waals surface area contributed by atoms with Gasteiger partial charge in [-0.3, -0.25) is 0 Å². The Bertz CT molecular complexity index is 660. The summed E-state index contributed by atoms with van der Waals surface area (Å²) in [6.07, 6.45) is 0. The summed E-state index contributed by atoms with van der Waals surface area (Å²) in [5.74, 6) is 1.04. The molecule has 0 saturated carbocycles. The van der Waals surface area contributed by atoms with E-state index in [1.165, 1.54) is 10.8 Å². The number of aromatic nitrogens is 1. The Hall–Kier alpha value is -1.80. The van der Waals surface area contributed by atoms with Crippen LogP contribution in [0.3, 0.4) is 0 Å².